The van der Waals surface area contributed by atoms with Crippen LogP contribution in [0.4, 0.5) is 0 Å². The molecule has 3 rings (SSSR count). The van der Waals surface area contributed by atoms with Crippen LogP contribution >= 0.6 is 0 Å². The fourth-order valence-corrected chi connectivity index (χ4v) is 3.23. The average Bonchev–Trinajstić information content (AvgIpc) is 3.52. The zero-order valence-electron chi connectivity index (χ0n) is 16.2. The second kappa shape index (κ2) is 8.93. The molecule has 3 amide bonds. The number of nitrogens with one attached hydrogen (secondary N) is 1. The molecule has 2 fully saturated rings. The predicted octanol–water partition coefficient (Wildman–Crippen LogP) is -0.552. The number of carbonyl (C=O) groups excluding carboxylic acids is 4. The van der Waals surface area contributed by atoms with E-state index in [1.54, 1.807) is 24.3 Å². The van der Waals surface area contributed by atoms with Gasteiger partial charge in [0, 0.05) is 13.0 Å². The molecule has 30 heavy (non-hydrogen) atoms. The number of aliphatic carboxylic acids is 1. The van der Waals surface area contributed by atoms with Crippen LogP contribution in [0.2, 0.25) is 0 Å². The Balaban J connectivity index is 1.72. The van der Waals surface area contributed by atoms with Crippen molar-refractivity contribution < 1.29 is 33.8 Å². The Morgan fingerprint density at radius 3 is 2.40 bits per heavy atom. The normalized spacial score (nSPS) is 21.3. The van der Waals surface area contributed by atoms with Gasteiger partial charge in [-0.05, 0) is 36.5 Å². The highest BCUT2D eigenvalue weighted by Gasteiger charge is 2.46. The number of likely N-dealkylation sites (tertiary alicyclic amines) is 1. The fourth-order valence-electron chi connectivity index (χ4n) is 3.23. The zero-order valence-corrected chi connectivity index (χ0v) is 16.2. The van der Waals surface area contributed by atoms with E-state index in [2.05, 4.69) is 0 Å². The van der Waals surface area contributed by atoms with Crippen molar-refractivity contribution in [3.05, 3.63) is 29.8 Å². The molecule has 0 spiro atoms. The Morgan fingerprint density at radius 1 is 1.17 bits per heavy atom. The van der Waals surface area contributed by atoms with Gasteiger partial charge in [-0.3, -0.25) is 24.0 Å². The third kappa shape index (κ3) is 5.13. The predicted molar refractivity (Wildman–Crippen MR) is 102 cm³/mol. The maximum absolute atomic E-state index is 12.9. The molecule has 1 aromatic carbocycles. The van der Waals surface area contributed by atoms with Crippen LogP contribution < -0.4 is 15.8 Å². The van der Waals surface area contributed by atoms with Crippen molar-refractivity contribution in [1.29, 1.82) is 0 Å². The zero-order chi connectivity index (χ0) is 21.8. The quantitative estimate of drug-likeness (QED) is 0.455. The number of carbonyl (C=O) groups is 5. The number of carboxylic acid groups (broad SMARTS) is 1. The number of benzene rings is 1. The molecule has 1 unspecified atom stereocenters. The number of primary amides is 1. The molecule has 4 N–H and O–H groups in total. The summed E-state index contributed by atoms with van der Waals surface area (Å²) in [6.07, 6.45) is 1.93. The first-order valence-corrected chi connectivity index (χ1v) is 9.60. The van der Waals surface area contributed by atoms with Crippen molar-refractivity contribution in [2.75, 3.05) is 13.2 Å². The van der Waals surface area contributed by atoms with Gasteiger partial charge in [0.15, 0.2) is 11.7 Å². The summed E-state index contributed by atoms with van der Waals surface area (Å²) in [5.74, 6) is -5.25. The Bertz CT molecular complexity index is 856. The third-order valence-electron chi connectivity index (χ3n) is 5.09. The van der Waals surface area contributed by atoms with E-state index in [4.69, 9.17) is 15.6 Å². The summed E-state index contributed by atoms with van der Waals surface area (Å²) in [6, 6.07) is 5.76. The lowest BCUT2D eigenvalue weighted by atomic mass is 9.89. The fraction of sp³-hybridized carbons (Fsp3) is 0.450. The largest absolute Gasteiger partial charge is 0.493 e. The third-order valence-corrected chi connectivity index (χ3v) is 5.09. The minimum absolute atomic E-state index is 0.0364. The number of hydrogen-bond acceptors (Lipinski definition) is 6. The number of nitrogens with zero attached hydrogens (tertiary/aromatic N) is 1. The van der Waals surface area contributed by atoms with Crippen LogP contribution in [0.1, 0.15) is 24.8 Å². The summed E-state index contributed by atoms with van der Waals surface area (Å²) in [7, 11) is 0. The highest BCUT2D eigenvalue weighted by atomic mass is 16.5. The molecule has 2 aliphatic rings. The highest BCUT2D eigenvalue weighted by Crippen LogP contribution is 2.30. The molecule has 1 saturated heterocycles. The van der Waals surface area contributed by atoms with E-state index in [0.717, 1.165) is 4.90 Å². The first-order chi connectivity index (χ1) is 14.3. The summed E-state index contributed by atoms with van der Waals surface area (Å²) in [4.78, 5) is 60.9. The van der Waals surface area contributed by atoms with Crippen LogP contribution in [0.5, 0.6) is 5.75 Å². The summed E-state index contributed by atoms with van der Waals surface area (Å²) in [5.41, 5.74) is 6.03. The van der Waals surface area contributed by atoms with Crippen LogP contribution in [0, 0.1) is 11.8 Å². The molecule has 10 nitrogen and oxygen atoms in total. The van der Waals surface area contributed by atoms with Crippen molar-refractivity contribution >= 4 is 29.5 Å². The van der Waals surface area contributed by atoms with Crippen molar-refractivity contribution in [3.63, 3.8) is 0 Å². The molecule has 1 aliphatic carbocycles. The molecule has 10 heteroatoms. The molecular formula is C20H23N3O7. The van der Waals surface area contributed by atoms with Gasteiger partial charge in [-0.25, -0.2) is 0 Å². The number of amides is 3. The summed E-state index contributed by atoms with van der Waals surface area (Å²) in [6.45, 7) is -0.105. The van der Waals surface area contributed by atoms with Gasteiger partial charge in [0.2, 0.25) is 17.7 Å². The molecule has 0 aromatic heterocycles. The SMILES string of the molecule is NC(=O)[C@@H]1CC(=O)C(C(=O)NCC(=O)O)C(=O)N1Cc1ccc(OCC2CC2)cc1. The number of hydrogen-bond donors (Lipinski definition) is 3. The van der Waals surface area contributed by atoms with Crippen LogP contribution in [-0.2, 0) is 30.5 Å². The van der Waals surface area contributed by atoms with E-state index in [0.29, 0.717) is 23.8 Å². The number of piperidine rings is 1. The van der Waals surface area contributed by atoms with Gasteiger partial charge >= 0.3 is 5.97 Å². The smallest absolute Gasteiger partial charge is 0.322 e. The molecule has 1 heterocycles. The topological polar surface area (TPSA) is 156 Å². The standard InChI is InChI=1S/C20H23N3O7/c21-18(27)14-7-15(24)17(19(28)22-8-16(25)26)20(29)23(14)9-11-3-5-13(6-4-11)30-10-12-1-2-12/h3-6,12,14,17H,1-2,7-10H2,(H2,21,27)(H,22,28)(H,25,26)/t14-,17?/m0/s1. The molecule has 1 aromatic rings. The van der Waals surface area contributed by atoms with E-state index in [-0.39, 0.29) is 6.54 Å². The maximum atomic E-state index is 12.9. The summed E-state index contributed by atoms with van der Waals surface area (Å²) in [5, 5.41) is 10.7. The lowest BCUT2D eigenvalue weighted by Gasteiger charge is -2.36. The van der Waals surface area contributed by atoms with Gasteiger partial charge in [0.25, 0.3) is 0 Å². The first kappa shape index (κ1) is 21.3. The van der Waals surface area contributed by atoms with E-state index in [9.17, 15) is 24.0 Å². The van der Waals surface area contributed by atoms with E-state index in [1.165, 1.54) is 12.8 Å². The lowest BCUT2D eigenvalue weighted by Crippen LogP contribution is -2.59. The summed E-state index contributed by atoms with van der Waals surface area (Å²) < 4.78 is 5.66. The first-order valence-electron chi connectivity index (χ1n) is 9.60. The molecule has 0 bridgehead atoms. The Labute approximate surface area is 172 Å². The number of nitrogens with two attached hydrogens (primary N) is 1. The second-order valence-electron chi connectivity index (χ2n) is 7.50. The monoisotopic (exact) mass is 417 g/mol. The van der Waals surface area contributed by atoms with Gasteiger partial charge in [-0.15, -0.1) is 0 Å². The maximum Gasteiger partial charge on any atom is 0.322 e. The molecule has 1 aliphatic heterocycles. The van der Waals surface area contributed by atoms with Gasteiger partial charge in [-0.2, -0.15) is 0 Å². The second-order valence-corrected chi connectivity index (χ2v) is 7.50. The van der Waals surface area contributed by atoms with Crippen LogP contribution in [-0.4, -0.2) is 58.7 Å². The van der Waals surface area contributed by atoms with Gasteiger partial charge in [0.1, 0.15) is 18.3 Å². The molecule has 2 atom stereocenters. The summed E-state index contributed by atoms with van der Waals surface area (Å²) >= 11 is 0. The molecular weight excluding hydrogens is 394 g/mol. The van der Waals surface area contributed by atoms with E-state index < -0.39 is 54.4 Å². The van der Waals surface area contributed by atoms with Crippen LogP contribution in [0.3, 0.4) is 0 Å². The number of carboxylic acids is 1. The highest BCUT2D eigenvalue weighted by molar-refractivity contribution is 6.21. The van der Waals surface area contributed by atoms with Gasteiger partial charge in [-0.1, -0.05) is 12.1 Å². The van der Waals surface area contributed by atoms with Crippen molar-refractivity contribution in [2.24, 2.45) is 17.6 Å². The van der Waals surface area contributed by atoms with E-state index in [1.807, 2.05) is 5.32 Å². The minimum atomic E-state index is -1.71. The van der Waals surface area contributed by atoms with Crippen molar-refractivity contribution in [2.45, 2.75) is 31.8 Å². The van der Waals surface area contributed by atoms with Gasteiger partial charge < -0.3 is 25.8 Å². The van der Waals surface area contributed by atoms with Crippen molar-refractivity contribution in [3.8, 4) is 5.75 Å². The Morgan fingerprint density at radius 2 is 1.83 bits per heavy atom. The van der Waals surface area contributed by atoms with Gasteiger partial charge in [0.05, 0.1) is 6.61 Å². The number of ether oxygens (including phenoxy) is 1. The number of ketones is 1. The Kier molecular flexibility index (Phi) is 6.34. The van der Waals surface area contributed by atoms with Crippen LogP contribution in [0.25, 0.3) is 0 Å². The Hall–Kier alpha value is -3.43. The minimum Gasteiger partial charge on any atom is -0.493 e. The number of Topliss-reactive ketones (excluding diaryl/α,β-unsaturated/α-hetero) is 1. The van der Waals surface area contributed by atoms with Crippen LogP contribution in [0.15, 0.2) is 24.3 Å². The number of rotatable bonds is 9. The molecule has 1 saturated carbocycles. The average molecular weight is 417 g/mol. The lowest BCUT2D eigenvalue weighted by molar-refractivity contribution is -0.158. The van der Waals surface area contributed by atoms with E-state index >= 15 is 0 Å². The molecule has 160 valence electrons. The van der Waals surface area contributed by atoms with Crippen molar-refractivity contribution in [1.82, 2.24) is 10.2 Å². The molecule has 0 radical (unpaired) electrons.